The standard InChI is InChI=1S/C17H18N2O7S2/c1-18-27(22,23)12-3-5-15-11(9-12)7-8-19(15)28(24,25)13-4-6-16(20)14(10-13)17(21)26-2/h3-6,9-10,18,20H,7-8H2,1-2H3. The maximum atomic E-state index is 13.1. The second-order valence-corrected chi connectivity index (χ2v) is 9.74. The smallest absolute Gasteiger partial charge is 0.341 e. The highest BCUT2D eigenvalue weighted by Crippen LogP contribution is 2.35. The lowest BCUT2D eigenvalue weighted by Gasteiger charge is -2.20. The molecule has 2 aromatic rings. The first kappa shape index (κ1) is 20.1. The molecule has 0 fully saturated rings. The molecule has 1 heterocycles. The van der Waals surface area contributed by atoms with E-state index in [9.17, 15) is 26.7 Å². The Kier molecular flexibility index (Phi) is 5.08. The van der Waals surface area contributed by atoms with Gasteiger partial charge in [-0.05, 0) is 55.4 Å². The summed E-state index contributed by atoms with van der Waals surface area (Å²) in [4.78, 5) is 11.6. The lowest BCUT2D eigenvalue weighted by molar-refractivity contribution is 0.0597. The molecular weight excluding hydrogens is 408 g/mol. The zero-order chi connectivity index (χ0) is 20.7. The number of phenols is 1. The van der Waals surface area contributed by atoms with Crippen LogP contribution in [0.4, 0.5) is 5.69 Å². The molecule has 1 aliphatic heterocycles. The van der Waals surface area contributed by atoms with E-state index in [1.54, 1.807) is 0 Å². The average Bonchev–Trinajstić information content (AvgIpc) is 3.11. The topological polar surface area (TPSA) is 130 Å². The summed E-state index contributed by atoms with van der Waals surface area (Å²) >= 11 is 0. The number of ether oxygens (including phenoxy) is 1. The SMILES string of the molecule is CNS(=O)(=O)c1ccc2c(c1)CCN2S(=O)(=O)c1ccc(O)c(C(=O)OC)c1. The van der Waals surface area contributed by atoms with Crippen LogP contribution in [-0.4, -0.2) is 48.6 Å². The van der Waals surface area contributed by atoms with Crippen molar-refractivity contribution >= 4 is 31.7 Å². The number of benzene rings is 2. The molecule has 0 amide bonds. The molecule has 0 aliphatic carbocycles. The summed E-state index contributed by atoms with van der Waals surface area (Å²) < 4.78 is 58.0. The maximum absolute atomic E-state index is 13.1. The molecule has 0 radical (unpaired) electrons. The molecular formula is C17H18N2O7S2. The molecule has 1 aliphatic rings. The number of phenolic OH excluding ortho intramolecular Hbond substituents is 1. The molecule has 28 heavy (non-hydrogen) atoms. The number of carbonyl (C=O) groups excluding carboxylic acids is 1. The Morgan fingerprint density at radius 2 is 1.79 bits per heavy atom. The van der Waals surface area contributed by atoms with E-state index in [4.69, 9.17) is 0 Å². The molecule has 0 aromatic heterocycles. The summed E-state index contributed by atoms with van der Waals surface area (Å²) in [5.74, 6) is -1.26. The van der Waals surface area contributed by atoms with Gasteiger partial charge in [-0.3, -0.25) is 4.31 Å². The van der Waals surface area contributed by atoms with Crippen LogP contribution in [0, 0.1) is 0 Å². The maximum Gasteiger partial charge on any atom is 0.341 e. The quantitative estimate of drug-likeness (QED) is 0.678. The first-order valence-corrected chi connectivity index (χ1v) is 11.0. The Morgan fingerprint density at radius 1 is 1.11 bits per heavy atom. The molecule has 150 valence electrons. The van der Waals surface area contributed by atoms with Gasteiger partial charge in [0.1, 0.15) is 11.3 Å². The highest BCUT2D eigenvalue weighted by molar-refractivity contribution is 7.92. The zero-order valence-corrected chi connectivity index (χ0v) is 16.7. The number of anilines is 1. The minimum Gasteiger partial charge on any atom is -0.507 e. The van der Waals surface area contributed by atoms with Crippen molar-refractivity contribution in [3.63, 3.8) is 0 Å². The van der Waals surface area contributed by atoms with Crippen molar-refractivity contribution in [1.82, 2.24) is 4.72 Å². The van der Waals surface area contributed by atoms with Crippen molar-refractivity contribution < 1.29 is 31.5 Å². The minimum absolute atomic E-state index is 0.0469. The number of nitrogens with one attached hydrogen (secondary N) is 1. The van der Waals surface area contributed by atoms with Crippen LogP contribution in [-0.2, 0) is 31.2 Å². The molecule has 0 saturated carbocycles. The minimum atomic E-state index is -4.04. The zero-order valence-electron chi connectivity index (χ0n) is 15.0. The van der Waals surface area contributed by atoms with Gasteiger partial charge in [-0.2, -0.15) is 0 Å². The predicted molar refractivity (Wildman–Crippen MR) is 100 cm³/mol. The molecule has 3 rings (SSSR count). The van der Waals surface area contributed by atoms with Crippen LogP contribution < -0.4 is 9.03 Å². The molecule has 0 saturated heterocycles. The van der Waals surface area contributed by atoms with E-state index in [1.807, 2.05) is 0 Å². The number of methoxy groups -OCH3 is 1. The van der Waals surface area contributed by atoms with Crippen LogP contribution in [0.25, 0.3) is 0 Å². The monoisotopic (exact) mass is 426 g/mol. The Morgan fingerprint density at radius 3 is 2.43 bits per heavy atom. The number of nitrogens with zero attached hydrogens (tertiary/aromatic N) is 1. The summed E-state index contributed by atoms with van der Waals surface area (Å²) in [6.45, 7) is 0.120. The van der Waals surface area contributed by atoms with E-state index in [2.05, 4.69) is 9.46 Å². The second kappa shape index (κ2) is 7.08. The number of rotatable bonds is 5. The van der Waals surface area contributed by atoms with E-state index in [1.165, 1.54) is 31.3 Å². The van der Waals surface area contributed by atoms with Crippen LogP contribution >= 0.6 is 0 Å². The number of sulfonamides is 2. The van der Waals surface area contributed by atoms with Crippen LogP contribution in [0.15, 0.2) is 46.2 Å². The van der Waals surface area contributed by atoms with Crippen molar-refractivity contribution in [3.05, 3.63) is 47.5 Å². The van der Waals surface area contributed by atoms with Crippen LogP contribution in [0.3, 0.4) is 0 Å². The largest absolute Gasteiger partial charge is 0.507 e. The Balaban J connectivity index is 2.04. The van der Waals surface area contributed by atoms with Crippen molar-refractivity contribution in [2.75, 3.05) is 25.0 Å². The summed E-state index contributed by atoms with van der Waals surface area (Å²) in [7, 11) is -5.27. The fourth-order valence-electron chi connectivity index (χ4n) is 2.96. The number of hydrogen-bond donors (Lipinski definition) is 2. The highest BCUT2D eigenvalue weighted by Gasteiger charge is 2.32. The predicted octanol–water partition coefficient (Wildman–Crippen LogP) is 0.838. The molecule has 2 N–H and O–H groups in total. The number of hydrogen-bond acceptors (Lipinski definition) is 7. The van der Waals surface area contributed by atoms with Crippen LogP contribution in [0.2, 0.25) is 0 Å². The third kappa shape index (κ3) is 3.32. The van der Waals surface area contributed by atoms with Crippen LogP contribution in [0.5, 0.6) is 5.75 Å². The third-order valence-electron chi connectivity index (χ3n) is 4.44. The number of fused-ring (bicyclic) bond motifs is 1. The molecule has 2 aromatic carbocycles. The van der Waals surface area contributed by atoms with Gasteiger partial charge >= 0.3 is 5.97 Å². The lowest BCUT2D eigenvalue weighted by Crippen LogP contribution is -2.29. The lowest BCUT2D eigenvalue weighted by atomic mass is 10.2. The molecule has 0 spiro atoms. The third-order valence-corrected chi connectivity index (χ3v) is 7.67. The Bertz CT molecular complexity index is 1160. The van der Waals surface area contributed by atoms with Crippen LogP contribution in [0.1, 0.15) is 15.9 Å². The number of esters is 1. The Hall–Kier alpha value is -2.63. The van der Waals surface area contributed by atoms with Crippen molar-refractivity contribution in [1.29, 1.82) is 0 Å². The van der Waals surface area contributed by atoms with Gasteiger partial charge in [-0.25, -0.2) is 26.4 Å². The molecule has 9 nitrogen and oxygen atoms in total. The molecule has 0 bridgehead atoms. The van der Waals surface area contributed by atoms with Crippen molar-refractivity contribution in [3.8, 4) is 5.75 Å². The molecule has 11 heteroatoms. The number of aromatic hydroxyl groups is 1. The summed E-state index contributed by atoms with van der Waals surface area (Å²) in [6, 6.07) is 7.55. The van der Waals surface area contributed by atoms with Gasteiger partial charge in [-0.15, -0.1) is 0 Å². The average molecular weight is 426 g/mol. The summed E-state index contributed by atoms with van der Waals surface area (Å²) in [5, 5.41) is 9.78. The summed E-state index contributed by atoms with van der Waals surface area (Å²) in [5.41, 5.74) is 0.674. The van der Waals surface area contributed by atoms with Gasteiger partial charge in [0, 0.05) is 6.54 Å². The van der Waals surface area contributed by atoms with E-state index in [0.29, 0.717) is 17.7 Å². The van der Waals surface area contributed by atoms with Crippen molar-refractivity contribution in [2.24, 2.45) is 0 Å². The normalized spacial score (nSPS) is 14.0. The Labute approximate surface area is 162 Å². The van der Waals surface area contributed by atoms with Gasteiger partial charge in [0.2, 0.25) is 10.0 Å². The molecule has 0 atom stereocenters. The van der Waals surface area contributed by atoms with Gasteiger partial charge < -0.3 is 9.84 Å². The van der Waals surface area contributed by atoms with E-state index < -0.39 is 31.8 Å². The summed E-state index contributed by atoms with van der Waals surface area (Å²) in [6.07, 6.45) is 0.337. The van der Waals surface area contributed by atoms with E-state index in [0.717, 1.165) is 23.5 Å². The first-order chi connectivity index (χ1) is 13.1. The van der Waals surface area contributed by atoms with Gasteiger partial charge in [0.15, 0.2) is 0 Å². The van der Waals surface area contributed by atoms with E-state index in [-0.39, 0.29) is 21.9 Å². The first-order valence-electron chi connectivity index (χ1n) is 8.12. The highest BCUT2D eigenvalue weighted by atomic mass is 32.2. The van der Waals surface area contributed by atoms with Crippen molar-refractivity contribution in [2.45, 2.75) is 16.2 Å². The molecule has 0 unspecified atom stereocenters. The second-order valence-electron chi connectivity index (χ2n) is 6.00. The van der Waals surface area contributed by atoms with Gasteiger partial charge in [0.05, 0.1) is 22.6 Å². The van der Waals surface area contributed by atoms with Gasteiger partial charge in [0.25, 0.3) is 10.0 Å². The fraction of sp³-hybridized carbons (Fsp3) is 0.235. The van der Waals surface area contributed by atoms with Gasteiger partial charge in [-0.1, -0.05) is 0 Å². The number of carbonyl (C=O) groups is 1. The fourth-order valence-corrected chi connectivity index (χ4v) is 5.27. The van der Waals surface area contributed by atoms with E-state index >= 15 is 0 Å².